The van der Waals surface area contributed by atoms with Gasteiger partial charge in [-0.2, -0.15) is 10.1 Å². The standard InChI is InChI=1S/C22H22FN7O3/c1-29-20-16(11-24-29)21(32)26-17(25-20)7-8-18(31)30-9-3-5-14(12-30)22-27-19(28-33-22)13-4-2-6-15(23)10-13/h2,4,6,10-11,14H,3,5,7-9,12H2,1H3,(H,25,26,32). The number of carbonyl (C=O) groups is 1. The Morgan fingerprint density at radius 2 is 2.21 bits per heavy atom. The number of carbonyl (C=O) groups excluding carboxylic acids is 1. The monoisotopic (exact) mass is 451 g/mol. The van der Waals surface area contributed by atoms with E-state index in [2.05, 4.69) is 25.2 Å². The number of likely N-dealkylation sites (tertiary alicyclic amines) is 1. The Hall–Kier alpha value is -3.89. The predicted molar refractivity (Wildman–Crippen MR) is 116 cm³/mol. The lowest BCUT2D eigenvalue weighted by molar-refractivity contribution is -0.132. The molecule has 1 N–H and O–H groups in total. The zero-order valence-electron chi connectivity index (χ0n) is 18.0. The molecule has 3 aromatic heterocycles. The van der Waals surface area contributed by atoms with Crippen molar-refractivity contribution in [2.24, 2.45) is 7.05 Å². The van der Waals surface area contributed by atoms with E-state index in [1.165, 1.54) is 23.0 Å². The zero-order valence-corrected chi connectivity index (χ0v) is 18.0. The van der Waals surface area contributed by atoms with Gasteiger partial charge in [0.25, 0.3) is 5.56 Å². The van der Waals surface area contributed by atoms with Gasteiger partial charge in [-0.05, 0) is 25.0 Å². The average Bonchev–Trinajstić information content (AvgIpc) is 3.46. The second-order valence-corrected chi connectivity index (χ2v) is 8.16. The van der Waals surface area contributed by atoms with Gasteiger partial charge in [0.1, 0.15) is 17.0 Å². The molecule has 10 nitrogen and oxygen atoms in total. The van der Waals surface area contributed by atoms with Crippen LogP contribution in [0.5, 0.6) is 0 Å². The Balaban J connectivity index is 1.24. The topological polar surface area (TPSA) is 123 Å². The van der Waals surface area contributed by atoms with Gasteiger partial charge in [-0.3, -0.25) is 14.3 Å². The molecule has 1 saturated heterocycles. The summed E-state index contributed by atoms with van der Waals surface area (Å²) in [7, 11) is 1.72. The van der Waals surface area contributed by atoms with Crippen LogP contribution in [0.1, 0.15) is 36.9 Å². The van der Waals surface area contributed by atoms with Gasteiger partial charge in [0.05, 0.1) is 12.1 Å². The first kappa shape index (κ1) is 21.0. The molecule has 1 aliphatic heterocycles. The molecule has 170 valence electrons. The fourth-order valence-corrected chi connectivity index (χ4v) is 4.13. The summed E-state index contributed by atoms with van der Waals surface area (Å²) in [6.45, 7) is 1.11. The van der Waals surface area contributed by atoms with Crippen LogP contribution >= 0.6 is 0 Å². The van der Waals surface area contributed by atoms with Crippen LogP contribution < -0.4 is 5.56 Å². The van der Waals surface area contributed by atoms with Gasteiger partial charge in [0, 0.05) is 38.5 Å². The number of fused-ring (bicyclic) bond motifs is 1. The van der Waals surface area contributed by atoms with Crippen LogP contribution in [0.25, 0.3) is 22.4 Å². The highest BCUT2D eigenvalue weighted by atomic mass is 19.1. The highest BCUT2D eigenvalue weighted by molar-refractivity contribution is 5.77. The van der Waals surface area contributed by atoms with Gasteiger partial charge in [0.15, 0.2) is 5.65 Å². The molecule has 0 aliphatic carbocycles. The fraction of sp³-hybridized carbons (Fsp3) is 0.364. The number of aromatic amines is 1. The van der Waals surface area contributed by atoms with Crippen molar-refractivity contribution in [1.82, 2.24) is 34.8 Å². The van der Waals surface area contributed by atoms with Crippen molar-refractivity contribution in [2.75, 3.05) is 13.1 Å². The fourth-order valence-electron chi connectivity index (χ4n) is 4.13. The highest BCUT2D eigenvalue weighted by Crippen LogP contribution is 2.28. The molecule has 0 saturated carbocycles. The van der Waals surface area contributed by atoms with Gasteiger partial charge in [-0.25, -0.2) is 9.37 Å². The van der Waals surface area contributed by atoms with E-state index >= 15 is 0 Å². The largest absolute Gasteiger partial charge is 0.342 e. The molecule has 5 rings (SSSR count). The quantitative estimate of drug-likeness (QED) is 0.493. The molecule has 1 aliphatic rings. The summed E-state index contributed by atoms with van der Waals surface area (Å²) in [5, 5.41) is 8.45. The number of benzene rings is 1. The van der Waals surface area contributed by atoms with E-state index in [0.29, 0.717) is 53.6 Å². The maximum Gasteiger partial charge on any atom is 0.262 e. The summed E-state index contributed by atoms with van der Waals surface area (Å²) < 4.78 is 20.5. The molecule has 1 aromatic carbocycles. The summed E-state index contributed by atoms with van der Waals surface area (Å²) in [5.74, 6) is 0.743. The van der Waals surface area contributed by atoms with Crippen molar-refractivity contribution in [3.8, 4) is 11.4 Å². The van der Waals surface area contributed by atoms with E-state index in [4.69, 9.17) is 4.52 Å². The first-order valence-corrected chi connectivity index (χ1v) is 10.8. The normalized spacial score (nSPS) is 16.4. The molecule has 11 heteroatoms. The lowest BCUT2D eigenvalue weighted by atomic mass is 9.97. The molecule has 4 aromatic rings. The Kier molecular flexibility index (Phi) is 5.45. The van der Waals surface area contributed by atoms with E-state index in [-0.39, 0.29) is 29.6 Å². The van der Waals surface area contributed by atoms with Crippen molar-refractivity contribution in [1.29, 1.82) is 0 Å². The summed E-state index contributed by atoms with van der Waals surface area (Å²) in [6, 6.07) is 6.02. The van der Waals surface area contributed by atoms with Crippen LogP contribution in [0, 0.1) is 5.82 Å². The molecule has 33 heavy (non-hydrogen) atoms. The third-order valence-corrected chi connectivity index (χ3v) is 5.87. The van der Waals surface area contributed by atoms with E-state index in [1.54, 1.807) is 24.1 Å². The zero-order chi connectivity index (χ0) is 22.9. The van der Waals surface area contributed by atoms with E-state index < -0.39 is 0 Å². The summed E-state index contributed by atoms with van der Waals surface area (Å²) in [4.78, 5) is 38.4. The van der Waals surface area contributed by atoms with Crippen molar-refractivity contribution >= 4 is 16.9 Å². The number of piperidine rings is 1. The summed E-state index contributed by atoms with van der Waals surface area (Å²) in [6.07, 6.45) is 3.64. The molecule has 0 bridgehead atoms. The van der Waals surface area contributed by atoms with Crippen LogP contribution in [-0.4, -0.2) is 53.8 Å². The average molecular weight is 451 g/mol. The molecule has 0 spiro atoms. The molecule has 1 fully saturated rings. The number of hydrogen-bond donors (Lipinski definition) is 1. The van der Waals surface area contributed by atoms with Gasteiger partial charge in [0.2, 0.25) is 17.6 Å². The van der Waals surface area contributed by atoms with Gasteiger partial charge < -0.3 is 14.4 Å². The predicted octanol–water partition coefficient (Wildman–Crippen LogP) is 2.18. The third kappa shape index (κ3) is 4.26. The second kappa shape index (κ2) is 8.57. The van der Waals surface area contributed by atoms with Crippen LogP contribution in [0.4, 0.5) is 4.39 Å². The number of nitrogens with zero attached hydrogens (tertiary/aromatic N) is 6. The number of rotatable bonds is 5. The van der Waals surface area contributed by atoms with Crippen molar-refractivity contribution < 1.29 is 13.7 Å². The molecule has 1 unspecified atom stereocenters. The molecule has 1 atom stereocenters. The SMILES string of the molecule is Cn1ncc2c(=O)[nH]c(CCC(=O)N3CCCC(c4nc(-c5cccc(F)c5)no4)C3)nc21. The number of amides is 1. The van der Waals surface area contributed by atoms with Crippen molar-refractivity contribution in [3.63, 3.8) is 0 Å². The number of H-pyrrole nitrogens is 1. The molecule has 4 heterocycles. The Morgan fingerprint density at radius 3 is 3.06 bits per heavy atom. The minimum Gasteiger partial charge on any atom is -0.342 e. The lowest BCUT2D eigenvalue weighted by Gasteiger charge is -2.31. The maximum atomic E-state index is 13.5. The maximum absolute atomic E-state index is 13.5. The number of halogens is 1. The Bertz CT molecular complexity index is 1380. The number of hydrogen-bond acceptors (Lipinski definition) is 7. The van der Waals surface area contributed by atoms with Gasteiger partial charge in [-0.1, -0.05) is 17.3 Å². The lowest BCUT2D eigenvalue weighted by Crippen LogP contribution is -2.39. The number of aryl methyl sites for hydroxylation is 2. The van der Waals surface area contributed by atoms with Crippen LogP contribution in [0.2, 0.25) is 0 Å². The van der Waals surface area contributed by atoms with E-state index in [1.807, 2.05) is 0 Å². The van der Waals surface area contributed by atoms with Gasteiger partial charge in [-0.15, -0.1) is 0 Å². The minimum atomic E-state index is -0.369. The number of nitrogens with one attached hydrogen (secondary N) is 1. The number of aromatic nitrogens is 6. The molecule has 0 radical (unpaired) electrons. The van der Waals surface area contributed by atoms with Crippen LogP contribution in [0.15, 0.2) is 39.8 Å². The summed E-state index contributed by atoms with van der Waals surface area (Å²) >= 11 is 0. The first-order chi connectivity index (χ1) is 16.0. The minimum absolute atomic E-state index is 0.0303. The first-order valence-electron chi connectivity index (χ1n) is 10.8. The molecular formula is C22H22FN7O3. The summed E-state index contributed by atoms with van der Waals surface area (Å²) in [5.41, 5.74) is 0.768. The highest BCUT2D eigenvalue weighted by Gasteiger charge is 2.28. The van der Waals surface area contributed by atoms with Crippen LogP contribution in [-0.2, 0) is 18.3 Å². The van der Waals surface area contributed by atoms with Crippen molar-refractivity contribution in [3.05, 3.63) is 58.3 Å². The third-order valence-electron chi connectivity index (χ3n) is 5.87. The second-order valence-electron chi connectivity index (χ2n) is 8.16. The smallest absolute Gasteiger partial charge is 0.262 e. The molecule has 1 amide bonds. The van der Waals surface area contributed by atoms with Crippen molar-refractivity contribution in [2.45, 2.75) is 31.6 Å². The Morgan fingerprint density at radius 1 is 1.33 bits per heavy atom. The van der Waals surface area contributed by atoms with Crippen LogP contribution in [0.3, 0.4) is 0 Å². The van der Waals surface area contributed by atoms with E-state index in [9.17, 15) is 14.0 Å². The van der Waals surface area contributed by atoms with Gasteiger partial charge >= 0.3 is 0 Å². The molecular weight excluding hydrogens is 429 g/mol. The van der Waals surface area contributed by atoms with E-state index in [0.717, 1.165) is 12.8 Å². The Labute approximate surface area is 187 Å².